The number of benzene rings is 2. The molecule has 2 aromatic rings. The molecule has 0 aliphatic rings. The van der Waals surface area contributed by atoms with E-state index in [1.807, 2.05) is 6.07 Å². The van der Waals surface area contributed by atoms with Crippen LogP contribution in [0.5, 0.6) is 5.75 Å². The first kappa shape index (κ1) is 20.7. The summed E-state index contributed by atoms with van der Waals surface area (Å²) in [6.45, 7) is 6.18. The maximum absolute atomic E-state index is 14.0. The Morgan fingerprint density at radius 1 is 1.12 bits per heavy atom. The van der Waals surface area contributed by atoms with E-state index >= 15 is 0 Å². The van der Waals surface area contributed by atoms with E-state index in [0.29, 0.717) is 35.3 Å². The van der Waals surface area contributed by atoms with Crippen molar-refractivity contribution >= 4 is 11.6 Å². The Kier molecular flexibility index (Phi) is 8.36. The maximum Gasteiger partial charge on any atom is 0.127 e. The summed E-state index contributed by atoms with van der Waals surface area (Å²) in [5.74, 6) is 0.991. The number of aliphatic hydroxyl groups is 1. The van der Waals surface area contributed by atoms with Gasteiger partial charge in [0.05, 0.1) is 0 Å². The molecule has 0 saturated carbocycles. The van der Waals surface area contributed by atoms with Gasteiger partial charge in [-0.2, -0.15) is 0 Å². The zero-order valence-electron chi connectivity index (χ0n) is 15.4. The SMILES string of the molecule is CC(C)CCN(Cc1ccccc1F)C[C@@H](O)COc1ccc(Cl)cc1. The number of halogens is 2. The Labute approximate surface area is 160 Å². The van der Waals surface area contributed by atoms with Gasteiger partial charge < -0.3 is 9.84 Å². The molecule has 5 heteroatoms. The molecular weight excluding hydrogens is 353 g/mol. The van der Waals surface area contributed by atoms with Crippen molar-refractivity contribution in [1.29, 1.82) is 0 Å². The van der Waals surface area contributed by atoms with Gasteiger partial charge in [-0.1, -0.05) is 43.6 Å². The molecule has 0 fully saturated rings. The largest absolute Gasteiger partial charge is 0.491 e. The molecule has 0 aliphatic heterocycles. The summed E-state index contributed by atoms with van der Waals surface area (Å²) in [4.78, 5) is 2.08. The number of aliphatic hydroxyl groups excluding tert-OH is 1. The highest BCUT2D eigenvalue weighted by atomic mass is 35.5. The van der Waals surface area contributed by atoms with Gasteiger partial charge in [0.15, 0.2) is 0 Å². The van der Waals surface area contributed by atoms with Gasteiger partial charge in [-0.25, -0.2) is 4.39 Å². The van der Waals surface area contributed by atoms with Crippen molar-refractivity contribution < 1.29 is 14.2 Å². The summed E-state index contributed by atoms with van der Waals surface area (Å²) in [5.41, 5.74) is 0.641. The summed E-state index contributed by atoms with van der Waals surface area (Å²) < 4.78 is 19.6. The van der Waals surface area contributed by atoms with Crippen LogP contribution >= 0.6 is 11.6 Å². The van der Waals surface area contributed by atoms with E-state index < -0.39 is 6.10 Å². The van der Waals surface area contributed by atoms with Crippen molar-refractivity contribution in [3.05, 3.63) is 64.9 Å². The van der Waals surface area contributed by atoms with Crippen molar-refractivity contribution in [2.24, 2.45) is 5.92 Å². The van der Waals surface area contributed by atoms with Crippen molar-refractivity contribution in [2.45, 2.75) is 32.9 Å². The molecule has 3 nitrogen and oxygen atoms in total. The normalized spacial score (nSPS) is 12.6. The lowest BCUT2D eigenvalue weighted by Gasteiger charge is -2.26. The van der Waals surface area contributed by atoms with Gasteiger partial charge in [0.2, 0.25) is 0 Å². The van der Waals surface area contributed by atoms with Gasteiger partial charge in [-0.3, -0.25) is 4.90 Å². The molecule has 0 spiro atoms. The minimum atomic E-state index is -0.662. The van der Waals surface area contributed by atoms with Gasteiger partial charge in [0, 0.05) is 23.7 Å². The van der Waals surface area contributed by atoms with Gasteiger partial charge in [0.25, 0.3) is 0 Å². The highest BCUT2D eigenvalue weighted by molar-refractivity contribution is 6.30. The van der Waals surface area contributed by atoms with Crippen LogP contribution in [-0.2, 0) is 6.54 Å². The highest BCUT2D eigenvalue weighted by Gasteiger charge is 2.15. The molecule has 26 heavy (non-hydrogen) atoms. The van der Waals surface area contributed by atoms with Crippen molar-refractivity contribution in [3.8, 4) is 5.75 Å². The van der Waals surface area contributed by atoms with Crippen LogP contribution in [0.25, 0.3) is 0 Å². The lowest BCUT2D eigenvalue weighted by molar-refractivity contribution is 0.0635. The zero-order chi connectivity index (χ0) is 18.9. The van der Waals surface area contributed by atoms with Crippen LogP contribution in [0.4, 0.5) is 4.39 Å². The van der Waals surface area contributed by atoms with Gasteiger partial charge in [-0.05, 0) is 49.2 Å². The molecule has 142 valence electrons. The van der Waals surface area contributed by atoms with Gasteiger partial charge >= 0.3 is 0 Å². The maximum atomic E-state index is 14.0. The van der Waals surface area contributed by atoms with Crippen LogP contribution in [0.15, 0.2) is 48.5 Å². The fraction of sp³-hybridized carbons (Fsp3) is 0.429. The van der Waals surface area contributed by atoms with Crippen LogP contribution in [0.2, 0.25) is 5.02 Å². The molecular formula is C21H27ClFNO2. The minimum absolute atomic E-state index is 0.178. The molecule has 0 aliphatic carbocycles. The smallest absolute Gasteiger partial charge is 0.127 e. The summed E-state index contributed by atoms with van der Waals surface area (Å²) in [6, 6.07) is 13.8. The van der Waals surface area contributed by atoms with Crippen LogP contribution < -0.4 is 4.74 Å². The second kappa shape index (κ2) is 10.5. The quantitative estimate of drug-likeness (QED) is 0.645. The average Bonchev–Trinajstić information content (AvgIpc) is 2.61. The van der Waals surface area contributed by atoms with E-state index in [4.69, 9.17) is 16.3 Å². The van der Waals surface area contributed by atoms with Crippen LogP contribution in [-0.4, -0.2) is 35.8 Å². The molecule has 0 radical (unpaired) electrons. The van der Waals surface area contributed by atoms with Crippen molar-refractivity contribution in [2.75, 3.05) is 19.7 Å². The van der Waals surface area contributed by atoms with E-state index in [0.717, 1.165) is 13.0 Å². The number of rotatable bonds is 10. The molecule has 1 atom stereocenters. The molecule has 0 saturated heterocycles. The van der Waals surface area contributed by atoms with Crippen LogP contribution in [0, 0.1) is 11.7 Å². The van der Waals surface area contributed by atoms with Crippen molar-refractivity contribution in [1.82, 2.24) is 4.90 Å². The molecule has 0 heterocycles. The molecule has 0 aromatic heterocycles. The Morgan fingerprint density at radius 3 is 2.46 bits per heavy atom. The Bertz CT molecular complexity index is 663. The van der Waals surface area contributed by atoms with Crippen LogP contribution in [0.3, 0.4) is 0 Å². The number of ether oxygens (including phenoxy) is 1. The van der Waals surface area contributed by atoms with E-state index in [2.05, 4.69) is 18.7 Å². The predicted octanol–water partition coefficient (Wildman–Crippen LogP) is 4.77. The molecule has 2 rings (SSSR count). The van der Waals surface area contributed by atoms with E-state index in [-0.39, 0.29) is 12.4 Å². The first-order valence-corrected chi connectivity index (χ1v) is 9.34. The number of hydrogen-bond donors (Lipinski definition) is 1. The van der Waals surface area contributed by atoms with E-state index in [9.17, 15) is 9.50 Å². The summed E-state index contributed by atoms with van der Waals surface area (Å²) >= 11 is 5.85. The monoisotopic (exact) mass is 379 g/mol. The Hall–Kier alpha value is -1.62. The fourth-order valence-corrected chi connectivity index (χ4v) is 2.74. The minimum Gasteiger partial charge on any atom is -0.491 e. The standard InChI is InChI=1S/C21H27ClFNO2/c1-16(2)11-12-24(13-17-5-3-4-6-21(17)23)14-19(25)15-26-20-9-7-18(22)8-10-20/h3-10,16,19,25H,11-15H2,1-2H3/t19-/m1/s1. The van der Waals surface area contributed by atoms with Gasteiger partial charge in [-0.15, -0.1) is 0 Å². The summed E-state index contributed by atoms with van der Waals surface area (Å²) in [7, 11) is 0. The summed E-state index contributed by atoms with van der Waals surface area (Å²) in [6.07, 6.45) is 0.323. The average molecular weight is 380 g/mol. The Morgan fingerprint density at radius 2 is 1.81 bits per heavy atom. The third kappa shape index (κ3) is 7.32. The first-order valence-electron chi connectivity index (χ1n) is 8.96. The fourth-order valence-electron chi connectivity index (χ4n) is 2.62. The summed E-state index contributed by atoms with van der Waals surface area (Å²) in [5, 5.41) is 11.0. The topological polar surface area (TPSA) is 32.7 Å². The number of nitrogens with zero attached hydrogens (tertiary/aromatic N) is 1. The lowest BCUT2D eigenvalue weighted by Crippen LogP contribution is -2.36. The first-order chi connectivity index (χ1) is 12.4. The third-order valence-corrected chi connectivity index (χ3v) is 4.35. The lowest BCUT2D eigenvalue weighted by atomic mass is 10.1. The van der Waals surface area contributed by atoms with E-state index in [1.54, 1.807) is 36.4 Å². The molecule has 2 aromatic carbocycles. The highest BCUT2D eigenvalue weighted by Crippen LogP contribution is 2.16. The number of hydrogen-bond acceptors (Lipinski definition) is 3. The predicted molar refractivity (Wildman–Crippen MR) is 104 cm³/mol. The zero-order valence-corrected chi connectivity index (χ0v) is 16.1. The second-order valence-electron chi connectivity index (χ2n) is 6.93. The van der Waals surface area contributed by atoms with Gasteiger partial charge in [0.1, 0.15) is 24.3 Å². The molecule has 0 bridgehead atoms. The van der Waals surface area contributed by atoms with E-state index in [1.165, 1.54) is 6.07 Å². The second-order valence-corrected chi connectivity index (χ2v) is 7.36. The molecule has 0 unspecified atom stereocenters. The third-order valence-electron chi connectivity index (χ3n) is 4.10. The van der Waals surface area contributed by atoms with Crippen LogP contribution in [0.1, 0.15) is 25.8 Å². The molecule has 0 amide bonds. The van der Waals surface area contributed by atoms with Crippen molar-refractivity contribution in [3.63, 3.8) is 0 Å². The Balaban J connectivity index is 1.91. The molecule has 1 N–H and O–H groups in total.